The molecule has 0 heterocycles. The number of nitrogens with two attached hydrogens (primary N) is 1. The molecule has 0 saturated heterocycles. The Morgan fingerprint density at radius 1 is 1.89 bits per heavy atom. The van der Waals surface area contributed by atoms with Crippen LogP contribution in [0.2, 0.25) is 0 Å². The lowest BCUT2D eigenvalue weighted by atomic mass is 10.4. The van der Waals surface area contributed by atoms with Gasteiger partial charge in [-0.05, 0) is 6.92 Å². The Hall–Kier alpha value is -0.280. The molecule has 0 aliphatic rings. The highest BCUT2D eigenvalue weighted by Gasteiger charge is 2.06. The fraction of sp³-hybridized carbons (Fsp3) is 0.800. The Morgan fingerprint density at radius 2 is 2.44 bits per heavy atom. The number of rotatable bonds is 3. The lowest BCUT2D eigenvalue weighted by Crippen LogP contribution is -2.29. The minimum atomic E-state index is -0.548. The van der Waals surface area contributed by atoms with Crippen LogP contribution in [0.4, 0.5) is 0 Å². The summed E-state index contributed by atoms with van der Waals surface area (Å²) in [5, 5.41) is 0. The molecule has 0 bridgehead atoms. The summed E-state index contributed by atoms with van der Waals surface area (Å²) in [6.45, 7) is 1.80. The molecule has 0 aromatic carbocycles. The zero-order valence-electron chi connectivity index (χ0n) is 5.26. The van der Waals surface area contributed by atoms with Gasteiger partial charge in [0.25, 0.3) is 0 Å². The van der Waals surface area contributed by atoms with E-state index >= 15 is 0 Å². The average molecular weight is 152 g/mol. The van der Waals surface area contributed by atoms with Gasteiger partial charge in [-0.3, -0.25) is 4.79 Å². The molecule has 0 spiro atoms. The molecule has 0 aromatic rings. The van der Waals surface area contributed by atoms with Gasteiger partial charge in [-0.2, -0.15) is 0 Å². The first-order chi connectivity index (χ1) is 4.18. The third kappa shape index (κ3) is 4.24. The Balaban J connectivity index is 3.28. The van der Waals surface area contributed by atoms with Crippen LogP contribution in [0.25, 0.3) is 0 Å². The van der Waals surface area contributed by atoms with Gasteiger partial charge in [-0.25, -0.2) is 0 Å². The van der Waals surface area contributed by atoms with Crippen LogP contribution >= 0.6 is 11.6 Å². The van der Waals surface area contributed by atoms with Crippen molar-refractivity contribution in [3.63, 3.8) is 0 Å². The van der Waals surface area contributed by atoms with Crippen molar-refractivity contribution in [2.75, 3.05) is 12.5 Å². The van der Waals surface area contributed by atoms with Gasteiger partial charge < -0.3 is 10.5 Å². The lowest BCUT2D eigenvalue weighted by molar-refractivity contribution is -0.144. The maximum absolute atomic E-state index is 10.5. The van der Waals surface area contributed by atoms with Crippen LogP contribution < -0.4 is 5.73 Å². The summed E-state index contributed by atoms with van der Waals surface area (Å²) >= 11 is 5.23. The van der Waals surface area contributed by atoms with Gasteiger partial charge in [0.15, 0.2) is 0 Å². The molecule has 9 heavy (non-hydrogen) atoms. The normalized spacial score (nSPS) is 12.8. The number of hydrogen-bond donors (Lipinski definition) is 1. The molecule has 0 aromatic heterocycles. The molecule has 0 fully saturated rings. The van der Waals surface area contributed by atoms with Gasteiger partial charge >= 0.3 is 5.97 Å². The van der Waals surface area contributed by atoms with E-state index in [0.717, 1.165) is 0 Å². The van der Waals surface area contributed by atoms with Crippen molar-refractivity contribution in [3.8, 4) is 0 Å². The summed E-state index contributed by atoms with van der Waals surface area (Å²) in [5.74, 6) is -0.0889. The zero-order valence-corrected chi connectivity index (χ0v) is 6.02. The molecule has 0 rings (SSSR count). The quantitative estimate of drug-likeness (QED) is 0.460. The summed E-state index contributed by atoms with van der Waals surface area (Å²) in [6, 6.07) is -0.548. The molecule has 0 radical (unpaired) electrons. The molecule has 0 saturated carbocycles. The second-order valence-electron chi connectivity index (χ2n) is 1.65. The molecule has 2 N–H and O–H groups in total. The Morgan fingerprint density at radius 3 is 2.78 bits per heavy atom. The Bertz CT molecular complexity index is 95.0. The van der Waals surface area contributed by atoms with Gasteiger partial charge in [-0.1, -0.05) is 0 Å². The highest BCUT2D eigenvalue weighted by atomic mass is 35.5. The van der Waals surface area contributed by atoms with E-state index in [0.29, 0.717) is 5.88 Å². The fourth-order valence-electron chi connectivity index (χ4n) is 0.271. The van der Waals surface area contributed by atoms with Crippen LogP contribution in [0.1, 0.15) is 6.92 Å². The van der Waals surface area contributed by atoms with Gasteiger partial charge in [0.1, 0.15) is 12.6 Å². The maximum Gasteiger partial charge on any atom is 0.322 e. The molecule has 54 valence electrons. The minimum absolute atomic E-state index is 0.238. The lowest BCUT2D eigenvalue weighted by Gasteiger charge is -2.03. The van der Waals surface area contributed by atoms with E-state index in [-0.39, 0.29) is 6.61 Å². The average Bonchev–Trinajstić information content (AvgIpc) is 1.82. The molecular formula is C5H10ClNO2. The molecule has 1 atom stereocenters. The van der Waals surface area contributed by atoms with E-state index in [1.165, 1.54) is 0 Å². The highest BCUT2D eigenvalue weighted by Crippen LogP contribution is 1.84. The van der Waals surface area contributed by atoms with Gasteiger partial charge in [0.2, 0.25) is 0 Å². The van der Waals surface area contributed by atoms with Crippen LogP contribution in [-0.4, -0.2) is 24.5 Å². The second kappa shape index (κ2) is 4.58. The fourth-order valence-corrected chi connectivity index (χ4v) is 0.348. The largest absolute Gasteiger partial charge is 0.463 e. The smallest absolute Gasteiger partial charge is 0.322 e. The number of alkyl halides is 1. The van der Waals surface area contributed by atoms with Gasteiger partial charge in [0, 0.05) is 0 Å². The van der Waals surface area contributed by atoms with Crippen LogP contribution in [-0.2, 0) is 9.53 Å². The summed E-state index contributed by atoms with van der Waals surface area (Å²) < 4.78 is 4.56. The number of esters is 1. The van der Waals surface area contributed by atoms with Crippen molar-refractivity contribution >= 4 is 17.6 Å². The van der Waals surface area contributed by atoms with E-state index in [4.69, 9.17) is 17.3 Å². The van der Waals surface area contributed by atoms with Crippen molar-refractivity contribution in [1.82, 2.24) is 0 Å². The number of hydrogen-bond acceptors (Lipinski definition) is 3. The van der Waals surface area contributed by atoms with Gasteiger partial charge in [-0.15, -0.1) is 11.6 Å². The number of carbonyl (C=O) groups excluding carboxylic acids is 1. The first-order valence-corrected chi connectivity index (χ1v) is 3.20. The highest BCUT2D eigenvalue weighted by molar-refractivity contribution is 6.18. The van der Waals surface area contributed by atoms with E-state index in [2.05, 4.69) is 4.74 Å². The summed E-state index contributed by atoms with van der Waals surface area (Å²) in [6.07, 6.45) is 0. The molecule has 0 amide bonds. The zero-order chi connectivity index (χ0) is 7.28. The molecule has 3 nitrogen and oxygen atoms in total. The van der Waals surface area contributed by atoms with Crippen LogP contribution in [0.5, 0.6) is 0 Å². The van der Waals surface area contributed by atoms with Gasteiger partial charge in [0.05, 0.1) is 5.88 Å². The maximum atomic E-state index is 10.5. The molecule has 0 aliphatic heterocycles. The third-order valence-electron chi connectivity index (χ3n) is 0.693. The number of halogens is 1. The monoisotopic (exact) mass is 151 g/mol. The predicted octanol–water partition coefficient (Wildman–Crippen LogP) is 0.116. The Kier molecular flexibility index (Phi) is 4.44. The first-order valence-electron chi connectivity index (χ1n) is 2.66. The van der Waals surface area contributed by atoms with E-state index < -0.39 is 12.0 Å². The van der Waals surface area contributed by atoms with Crippen LogP contribution in [0.3, 0.4) is 0 Å². The Labute approximate surface area is 59.1 Å². The van der Waals surface area contributed by atoms with E-state index in [1.54, 1.807) is 6.92 Å². The summed E-state index contributed by atoms with van der Waals surface area (Å²) in [7, 11) is 0. The first kappa shape index (κ1) is 8.72. The molecule has 4 heteroatoms. The van der Waals surface area contributed by atoms with Crippen molar-refractivity contribution in [1.29, 1.82) is 0 Å². The molecular weight excluding hydrogens is 142 g/mol. The van der Waals surface area contributed by atoms with E-state index in [1.807, 2.05) is 0 Å². The summed E-state index contributed by atoms with van der Waals surface area (Å²) in [5.41, 5.74) is 5.16. The molecule has 0 aliphatic carbocycles. The van der Waals surface area contributed by atoms with E-state index in [9.17, 15) is 4.79 Å². The third-order valence-corrected chi connectivity index (χ3v) is 0.848. The van der Waals surface area contributed by atoms with Crippen molar-refractivity contribution in [2.24, 2.45) is 5.73 Å². The molecule has 0 unspecified atom stereocenters. The minimum Gasteiger partial charge on any atom is -0.463 e. The number of carbonyl (C=O) groups is 1. The SMILES string of the molecule is C[C@H](N)C(=O)OCCCl. The standard InChI is InChI=1S/C5H10ClNO2/c1-4(7)5(8)9-3-2-6/h4H,2-3,7H2,1H3/t4-/m0/s1. The van der Waals surface area contributed by atoms with Crippen molar-refractivity contribution < 1.29 is 9.53 Å². The van der Waals surface area contributed by atoms with Crippen molar-refractivity contribution in [2.45, 2.75) is 13.0 Å². The summed E-state index contributed by atoms with van der Waals surface area (Å²) in [4.78, 5) is 10.5. The number of ether oxygens (including phenoxy) is 1. The van der Waals surface area contributed by atoms with Crippen LogP contribution in [0, 0.1) is 0 Å². The topological polar surface area (TPSA) is 52.3 Å². The second-order valence-corrected chi connectivity index (χ2v) is 2.02. The van der Waals surface area contributed by atoms with Crippen LogP contribution in [0.15, 0.2) is 0 Å². The predicted molar refractivity (Wildman–Crippen MR) is 35.3 cm³/mol. The van der Waals surface area contributed by atoms with Crippen molar-refractivity contribution in [3.05, 3.63) is 0 Å².